The minimum Gasteiger partial charge on any atom is -0.143 e. The number of halogens is 2. The van der Waals surface area contributed by atoms with Gasteiger partial charge in [0.1, 0.15) is 0 Å². The molecule has 2 heterocycles. The maximum Gasteiger partial charge on any atom is 0.0503 e. The van der Waals surface area contributed by atoms with E-state index in [9.17, 15) is 0 Å². The van der Waals surface area contributed by atoms with E-state index in [4.69, 9.17) is 0 Å². The molecule has 2 rings (SSSR count). The Labute approximate surface area is 108 Å². The van der Waals surface area contributed by atoms with E-state index in [0.717, 1.165) is 8.96 Å². The molecule has 0 saturated heterocycles. The van der Waals surface area contributed by atoms with Crippen LogP contribution in [0.4, 0.5) is 0 Å². The van der Waals surface area contributed by atoms with Crippen LogP contribution >= 0.6 is 54.5 Å². The Balaban J connectivity index is 2.41. The number of hydrogen-bond donors (Lipinski definition) is 0. The van der Waals surface area contributed by atoms with Crippen LogP contribution in [-0.2, 0) is 0 Å². The van der Waals surface area contributed by atoms with Gasteiger partial charge in [0.25, 0.3) is 0 Å². The van der Waals surface area contributed by atoms with Gasteiger partial charge in [-0.25, -0.2) is 0 Å². The lowest BCUT2D eigenvalue weighted by Gasteiger charge is -1.99. The van der Waals surface area contributed by atoms with Crippen LogP contribution in [0.25, 0.3) is 8.96 Å². The Morgan fingerprint density at radius 2 is 1.29 bits per heavy atom. The van der Waals surface area contributed by atoms with Crippen molar-refractivity contribution in [1.82, 2.24) is 0 Å². The Bertz CT molecular complexity index is 384. The van der Waals surface area contributed by atoms with Gasteiger partial charge in [0.15, 0.2) is 0 Å². The topological polar surface area (TPSA) is 0 Å². The zero-order valence-corrected chi connectivity index (χ0v) is 11.8. The second-order valence-corrected chi connectivity index (χ2v) is 6.06. The molecule has 2 aromatic heterocycles. The zero-order valence-electron chi connectivity index (χ0n) is 7.04. The van der Waals surface area contributed by atoms with E-state index in [1.165, 1.54) is 9.75 Å². The van der Waals surface area contributed by atoms with Gasteiger partial charge < -0.3 is 0 Å². The van der Waals surface area contributed by atoms with Crippen LogP contribution in [0.1, 0.15) is 9.75 Å². The van der Waals surface area contributed by atoms with Gasteiger partial charge in [-0.3, -0.25) is 0 Å². The normalized spacial score (nSPS) is 12.7. The monoisotopic (exact) mass is 348 g/mol. The summed E-state index contributed by atoms with van der Waals surface area (Å²) < 4.78 is 2.24. The highest BCUT2D eigenvalue weighted by molar-refractivity contribution is 9.18. The van der Waals surface area contributed by atoms with E-state index in [1.54, 1.807) is 22.7 Å². The Morgan fingerprint density at radius 1 is 0.857 bits per heavy atom. The molecule has 0 unspecified atom stereocenters. The molecule has 0 aliphatic rings. The molecule has 0 nitrogen and oxygen atoms in total. The number of hydrogen-bond acceptors (Lipinski definition) is 2. The summed E-state index contributed by atoms with van der Waals surface area (Å²) in [6.07, 6.45) is 0. The number of thiophene rings is 2. The molecular formula is C10H6Br2S2. The number of rotatable bonds is 2. The van der Waals surface area contributed by atoms with Crippen molar-refractivity contribution < 1.29 is 0 Å². The minimum atomic E-state index is 1.12. The summed E-state index contributed by atoms with van der Waals surface area (Å²) in [5, 5.41) is 4.15. The summed E-state index contributed by atoms with van der Waals surface area (Å²) in [4.78, 5) is 2.48. The van der Waals surface area contributed by atoms with Crippen LogP contribution in [0.5, 0.6) is 0 Å². The largest absolute Gasteiger partial charge is 0.143 e. The van der Waals surface area contributed by atoms with Crippen molar-refractivity contribution in [3.8, 4) is 0 Å². The van der Waals surface area contributed by atoms with Crippen molar-refractivity contribution >= 4 is 63.5 Å². The summed E-state index contributed by atoms with van der Waals surface area (Å²) in [6, 6.07) is 8.30. The van der Waals surface area contributed by atoms with E-state index >= 15 is 0 Å². The van der Waals surface area contributed by atoms with Crippen molar-refractivity contribution in [2.45, 2.75) is 0 Å². The van der Waals surface area contributed by atoms with Gasteiger partial charge in [-0.05, 0) is 54.8 Å². The van der Waals surface area contributed by atoms with Gasteiger partial charge in [0, 0.05) is 9.75 Å². The Hall–Kier alpha value is 0.1000. The SMILES string of the molecule is BrC(=C(Br)c1cccs1)c1cccs1. The fourth-order valence-electron chi connectivity index (χ4n) is 1.02. The molecule has 4 heteroatoms. The van der Waals surface area contributed by atoms with Gasteiger partial charge in [-0.15, -0.1) is 22.7 Å². The molecule has 0 aliphatic heterocycles. The highest BCUT2D eigenvalue weighted by Crippen LogP contribution is 2.38. The summed E-state index contributed by atoms with van der Waals surface area (Å²) >= 11 is 10.7. The van der Waals surface area contributed by atoms with Gasteiger partial charge in [-0.2, -0.15) is 0 Å². The Kier molecular flexibility index (Phi) is 3.60. The molecule has 72 valence electrons. The molecule has 0 N–H and O–H groups in total. The summed E-state index contributed by atoms with van der Waals surface area (Å²) in [5.74, 6) is 0. The molecule has 0 aromatic carbocycles. The third-order valence-corrected chi connectivity index (χ3v) is 6.15. The van der Waals surface area contributed by atoms with Gasteiger partial charge in [-0.1, -0.05) is 12.1 Å². The van der Waals surface area contributed by atoms with Crippen molar-refractivity contribution in [2.24, 2.45) is 0 Å². The van der Waals surface area contributed by atoms with E-state index in [2.05, 4.69) is 66.9 Å². The maximum atomic E-state index is 3.60. The molecule has 0 radical (unpaired) electrons. The minimum absolute atomic E-state index is 1.12. The lowest BCUT2D eigenvalue weighted by Crippen LogP contribution is -1.72. The van der Waals surface area contributed by atoms with Crippen molar-refractivity contribution in [1.29, 1.82) is 0 Å². The lowest BCUT2D eigenvalue weighted by atomic mass is 10.3. The quantitative estimate of drug-likeness (QED) is 0.678. The zero-order chi connectivity index (χ0) is 9.97. The first kappa shape index (κ1) is 10.6. The third-order valence-electron chi connectivity index (χ3n) is 1.67. The van der Waals surface area contributed by atoms with Crippen LogP contribution in [0.2, 0.25) is 0 Å². The predicted octanol–water partition coefficient (Wildman–Crippen LogP) is 5.43. The highest BCUT2D eigenvalue weighted by Gasteiger charge is 2.07. The standard InChI is InChI=1S/C10H6Br2S2/c11-9(7-3-1-5-13-7)10(12)8-4-2-6-14-8/h1-6H. The average molecular weight is 350 g/mol. The predicted molar refractivity (Wildman–Crippen MR) is 73.3 cm³/mol. The van der Waals surface area contributed by atoms with E-state index in [0.29, 0.717) is 0 Å². The van der Waals surface area contributed by atoms with Gasteiger partial charge in [0.05, 0.1) is 8.96 Å². The van der Waals surface area contributed by atoms with Crippen LogP contribution in [0.15, 0.2) is 35.0 Å². The first-order chi connectivity index (χ1) is 6.79. The molecule has 0 fully saturated rings. The van der Waals surface area contributed by atoms with E-state index in [1.807, 2.05) is 0 Å². The van der Waals surface area contributed by atoms with Gasteiger partial charge >= 0.3 is 0 Å². The first-order valence-electron chi connectivity index (χ1n) is 3.92. The second kappa shape index (κ2) is 4.75. The fourth-order valence-corrected chi connectivity index (χ4v) is 3.87. The molecular weight excluding hydrogens is 344 g/mol. The molecule has 0 bridgehead atoms. The maximum absolute atomic E-state index is 3.60. The van der Waals surface area contributed by atoms with Crippen LogP contribution < -0.4 is 0 Å². The fraction of sp³-hybridized carbons (Fsp3) is 0. The molecule has 0 saturated carbocycles. The second-order valence-electron chi connectivity index (χ2n) is 2.58. The van der Waals surface area contributed by atoms with Gasteiger partial charge in [0.2, 0.25) is 0 Å². The van der Waals surface area contributed by atoms with E-state index in [-0.39, 0.29) is 0 Å². The third kappa shape index (κ3) is 2.19. The molecule has 14 heavy (non-hydrogen) atoms. The molecule has 0 spiro atoms. The molecule has 0 amide bonds. The smallest absolute Gasteiger partial charge is 0.0503 e. The van der Waals surface area contributed by atoms with E-state index < -0.39 is 0 Å². The van der Waals surface area contributed by atoms with Crippen molar-refractivity contribution in [3.05, 3.63) is 44.8 Å². The van der Waals surface area contributed by atoms with Crippen molar-refractivity contribution in [3.63, 3.8) is 0 Å². The van der Waals surface area contributed by atoms with Crippen LogP contribution in [-0.4, -0.2) is 0 Å². The lowest BCUT2D eigenvalue weighted by molar-refractivity contribution is 1.92. The summed E-state index contributed by atoms with van der Waals surface area (Å²) in [6.45, 7) is 0. The first-order valence-corrected chi connectivity index (χ1v) is 7.26. The summed E-state index contributed by atoms with van der Waals surface area (Å²) in [5.41, 5.74) is 0. The molecule has 0 atom stereocenters. The van der Waals surface area contributed by atoms with Crippen molar-refractivity contribution in [2.75, 3.05) is 0 Å². The average Bonchev–Trinajstić information content (AvgIpc) is 2.87. The highest BCUT2D eigenvalue weighted by atomic mass is 79.9. The van der Waals surface area contributed by atoms with Crippen LogP contribution in [0.3, 0.4) is 0 Å². The molecule has 2 aromatic rings. The summed E-state index contributed by atoms with van der Waals surface area (Å²) in [7, 11) is 0. The van der Waals surface area contributed by atoms with Crippen LogP contribution in [0, 0.1) is 0 Å². The molecule has 0 aliphatic carbocycles. The Morgan fingerprint density at radius 3 is 1.57 bits per heavy atom.